The van der Waals surface area contributed by atoms with Crippen LogP contribution in [0.1, 0.15) is 38.3 Å². The van der Waals surface area contributed by atoms with Crippen molar-refractivity contribution in [2.24, 2.45) is 5.92 Å². The molecule has 1 saturated carbocycles. The number of nitriles is 1. The summed E-state index contributed by atoms with van der Waals surface area (Å²) in [6.07, 6.45) is 2.86. The number of halogens is 1. The molecule has 2 aromatic carbocycles. The maximum atomic E-state index is 14.1. The molecule has 44 heavy (non-hydrogen) atoms. The predicted molar refractivity (Wildman–Crippen MR) is 161 cm³/mol. The van der Waals surface area contributed by atoms with Crippen molar-refractivity contribution in [2.45, 2.75) is 45.3 Å². The Balaban J connectivity index is 1.39. The first-order chi connectivity index (χ1) is 20.8. The van der Waals surface area contributed by atoms with Gasteiger partial charge in [0.05, 0.1) is 22.7 Å². The summed E-state index contributed by atoms with van der Waals surface area (Å²) in [7, 11) is -3.86. The quantitative estimate of drug-likeness (QED) is 0.406. The van der Waals surface area contributed by atoms with Crippen molar-refractivity contribution < 1.29 is 22.4 Å². The number of carbonyl (C=O) groups excluding carboxylic acids is 2. The summed E-state index contributed by atoms with van der Waals surface area (Å²) in [6, 6.07) is 7.64. The molecule has 0 spiro atoms. The Morgan fingerprint density at radius 3 is 2.36 bits per heavy atom. The number of hydrogen-bond donors (Lipinski definition) is 2. The number of anilines is 2. The Kier molecular flexibility index (Phi) is 8.32. The zero-order valence-corrected chi connectivity index (χ0v) is 25.2. The summed E-state index contributed by atoms with van der Waals surface area (Å²) in [5.74, 6) is -1.35. The maximum Gasteiger partial charge on any atom is 0.331 e. The Morgan fingerprint density at radius 1 is 1.07 bits per heavy atom. The van der Waals surface area contributed by atoms with Gasteiger partial charge in [-0.3, -0.25) is 18.7 Å². The van der Waals surface area contributed by atoms with Gasteiger partial charge < -0.3 is 15.5 Å². The second-order valence-electron chi connectivity index (χ2n) is 11.4. The third kappa shape index (κ3) is 6.22. The summed E-state index contributed by atoms with van der Waals surface area (Å²) < 4.78 is 42.8. The molecule has 1 atom stereocenters. The molecule has 232 valence electrons. The molecule has 3 aromatic rings. The highest BCUT2D eigenvalue weighted by Gasteiger charge is 2.39. The first kappa shape index (κ1) is 30.9. The second kappa shape index (κ2) is 11.9. The van der Waals surface area contributed by atoms with Crippen LogP contribution in [0.3, 0.4) is 0 Å². The highest BCUT2D eigenvalue weighted by atomic mass is 32.2. The van der Waals surface area contributed by atoms with E-state index in [4.69, 9.17) is 5.26 Å². The van der Waals surface area contributed by atoms with Gasteiger partial charge in [-0.2, -0.15) is 9.57 Å². The van der Waals surface area contributed by atoms with Gasteiger partial charge in [-0.05, 0) is 69.0 Å². The highest BCUT2D eigenvalue weighted by Crippen LogP contribution is 2.30. The highest BCUT2D eigenvalue weighted by molar-refractivity contribution is 7.88. The number of aromatic nitrogens is 2. The molecule has 1 aliphatic heterocycles. The SMILES string of the molecule is CC(C)n1c(=O)n(CC2CC2)c(=O)c2cc(NC(=O)N3CCN(S(C)(=O)=O)C(C(=O)Nc4ccc(C#N)c(F)c4)C3)ccc21. The zero-order chi connectivity index (χ0) is 31.9. The van der Waals surface area contributed by atoms with Crippen LogP contribution in [0.5, 0.6) is 0 Å². The van der Waals surface area contributed by atoms with Crippen LogP contribution in [0.25, 0.3) is 10.9 Å². The maximum absolute atomic E-state index is 14.1. The largest absolute Gasteiger partial charge is 0.331 e. The smallest absolute Gasteiger partial charge is 0.325 e. The number of nitrogens with one attached hydrogen (secondary N) is 2. The van der Waals surface area contributed by atoms with Gasteiger partial charge in [0.2, 0.25) is 15.9 Å². The average Bonchev–Trinajstić information content (AvgIpc) is 3.79. The van der Waals surface area contributed by atoms with Crippen LogP contribution in [0.15, 0.2) is 46.0 Å². The molecule has 15 heteroatoms. The fraction of sp³-hybridized carbons (Fsp3) is 0.414. The van der Waals surface area contributed by atoms with Gasteiger partial charge >= 0.3 is 11.7 Å². The fourth-order valence-corrected chi connectivity index (χ4v) is 6.39. The van der Waals surface area contributed by atoms with Crippen LogP contribution in [0.2, 0.25) is 0 Å². The van der Waals surface area contributed by atoms with Gasteiger partial charge in [-0.1, -0.05) is 0 Å². The number of urea groups is 1. The van der Waals surface area contributed by atoms with Crippen molar-refractivity contribution in [3.8, 4) is 6.07 Å². The predicted octanol–water partition coefficient (Wildman–Crippen LogP) is 2.28. The molecule has 0 bridgehead atoms. The van der Waals surface area contributed by atoms with Gasteiger partial charge in [0.15, 0.2) is 0 Å². The lowest BCUT2D eigenvalue weighted by atomic mass is 10.1. The lowest BCUT2D eigenvalue weighted by molar-refractivity contribution is -0.120. The van der Waals surface area contributed by atoms with Gasteiger partial charge in [-0.15, -0.1) is 0 Å². The first-order valence-electron chi connectivity index (χ1n) is 14.1. The van der Waals surface area contributed by atoms with Gasteiger partial charge in [0.25, 0.3) is 5.56 Å². The van der Waals surface area contributed by atoms with E-state index in [1.165, 1.54) is 27.7 Å². The summed E-state index contributed by atoms with van der Waals surface area (Å²) in [4.78, 5) is 54.3. The number of hydrogen-bond acceptors (Lipinski definition) is 7. The van der Waals surface area contributed by atoms with Crippen LogP contribution in [-0.2, 0) is 21.4 Å². The second-order valence-corrected chi connectivity index (χ2v) is 13.3. The lowest BCUT2D eigenvalue weighted by Gasteiger charge is -2.38. The van der Waals surface area contributed by atoms with Crippen LogP contribution in [0.4, 0.5) is 20.6 Å². The summed E-state index contributed by atoms with van der Waals surface area (Å²) >= 11 is 0. The number of nitrogens with zero attached hydrogens (tertiary/aromatic N) is 5. The molecule has 13 nitrogen and oxygen atoms in total. The molecule has 1 aliphatic carbocycles. The number of piperazine rings is 1. The molecule has 2 fully saturated rings. The minimum atomic E-state index is -3.86. The Labute approximate surface area is 252 Å². The Morgan fingerprint density at radius 2 is 1.75 bits per heavy atom. The van der Waals surface area contributed by atoms with E-state index >= 15 is 0 Å². The van der Waals surface area contributed by atoms with Gasteiger partial charge in [-0.25, -0.2) is 22.4 Å². The third-order valence-electron chi connectivity index (χ3n) is 7.78. The molecule has 2 heterocycles. The van der Waals surface area contributed by atoms with Gasteiger partial charge in [0, 0.05) is 43.6 Å². The van der Waals surface area contributed by atoms with Crippen LogP contribution < -0.4 is 21.9 Å². The number of benzene rings is 2. The number of carbonyl (C=O) groups is 2. The van der Waals surface area contributed by atoms with Crippen molar-refractivity contribution >= 4 is 44.2 Å². The summed E-state index contributed by atoms with van der Waals surface area (Å²) in [5, 5.41) is 14.4. The average molecular weight is 626 g/mol. The van der Waals surface area contributed by atoms with Crippen molar-refractivity contribution in [1.29, 1.82) is 5.26 Å². The Bertz CT molecular complexity index is 1930. The summed E-state index contributed by atoms with van der Waals surface area (Å²) in [5.41, 5.74) is -0.293. The van der Waals surface area contributed by atoms with Crippen molar-refractivity contribution in [1.82, 2.24) is 18.3 Å². The molecule has 0 radical (unpaired) electrons. The van der Waals surface area contributed by atoms with Crippen molar-refractivity contribution in [3.63, 3.8) is 0 Å². The van der Waals surface area contributed by atoms with Crippen LogP contribution >= 0.6 is 0 Å². The topological polar surface area (TPSA) is 167 Å². The van der Waals surface area contributed by atoms with E-state index in [0.717, 1.165) is 29.5 Å². The summed E-state index contributed by atoms with van der Waals surface area (Å²) in [6.45, 7) is 3.53. The molecule has 1 aromatic heterocycles. The third-order valence-corrected chi connectivity index (χ3v) is 9.07. The minimum absolute atomic E-state index is 0.0184. The molecule has 2 N–H and O–H groups in total. The fourth-order valence-electron chi connectivity index (χ4n) is 5.35. The number of sulfonamides is 1. The van der Waals surface area contributed by atoms with Crippen LogP contribution in [0, 0.1) is 23.1 Å². The minimum Gasteiger partial charge on any atom is -0.325 e. The Hall–Kier alpha value is -4.55. The first-order valence-corrected chi connectivity index (χ1v) is 16.0. The lowest BCUT2D eigenvalue weighted by Crippen LogP contribution is -2.60. The van der Waals surface area contributed by atoms with Crippen molar-refractivity contribution in [2.75, 3.05) is 36.5 Å². The zero-order valence-electron chi connectivity index (χ0n) is 24.4. The van der Waals surface area contributed by atoms with E-state index in [1.54, 1.807) is 22.8 Å². The number of rotatable bonds is 7. The van der Waals surface area contributed by atoms with Gasteiger partial charge in [0.1, 0.15) is 17.9 Å². The normalized spacial score (nSPS) is 17.5. The molecule has 5 rings (SSSR count). The molecule has 1 unspecified atom stereocenters. The number of amides is 3. The van der Waals surface area contributed by atoms with E-state index < -0.39 is 39.4 Å². The van der Waals surface area contributed by atoms with Crippen LogP contribution in [-0.4, -0.2) is 70.6 Å². The molecule has 1 saturated heterocycles. The number of fused-ring (bicyclic) bond motifs is 1. The molecule has 2 aliphatic rings. The van der Waals surface area contributed by atoms with E-state index in [1.807, 2.05) is 13.8 Å². The van der Waals surface area contributed by atoms with E-state index in [-0.39, 0.29) is 59.6 Å². The molecular weight excluding hydrogens is 593 g/mol. The van der Waals surface area contributed by atoms with Crippen molar-refractivity contribution in [3.05, 3.63) is 68.6 Å². The van der Waals surface area contributed by atoms with E-state index in [9.17, 15) is 32.0 Å². The molecular formula is C29H32FN7O6S. The monoisotopic (exact) mass is 625 g/mol. The molecule has 3 amide bonds. The standard InChI is InChI=1S/C29H32FN7O6S/c1-17(2)37-24-9-8-20(12-22(24)27(39)35(29(37)41)15-18-4-5-18)33-28(40)34-10-11-36(44(3,42)43)25(16-34)26(38)32-21-7-6-19(14-31)23(30)13-21/h6-9,12-13,17-18,25H,4-5,10-11,15-16H2,1-3H3,(H,32,38)(H,33,40). The van der Waals surface area contributed by atoms with E-state index in [0.29, 0.717) is 12.1 Å². The van der Waals surface area contributed by atoms with E-state index in [2.05, 4.69) is 10.6 Å².